The van der Waals surface area contributed by atoms with Crippen LogP contribution >= 0.6 is 0 Å². The van der Waals surface area contributed by atoms with Crippen LogP contribution in [0.4, 0.5) is 0 Å². The number of nitrogens with one attached hydrogen (secondary N) is 1. The summed E-state index contributed by atoms with van der Waals surface area (Å²) in [5.74, 6) is 0.829. The molecule has 0 aromatic heterocycles. The largest absolute Gasteiger partial charge is 0.391 e. The van der Waals surface area contributed by atoms with Crippen molar-refractivity contribution in [3.8, 4) is 0 Å². The molecular weight excluding hydrogens is 272 g/mol. The Balaban J connectivity index is 1.74. The van der Waals surface area contributed by atoms with Crippen molar-refractivity contribution in [2.75, 3.05) is 13.1 Å². The highest BCUT2D eigenvalue weighted by atomic mass is 16.3. The zero-order valence-corrected chi connectivity index (χ0v) is 15.1. The van der Waals surface area contributed by atoms with Gasteiger partial charge in [-0.05, 0) is 44.4 Å². The summed E-state index contributed by atoms with van der Waals surface area (Å²) in [6.45, 7) is 9.31. The Morgan fingerprint density at radius 3 is 2.32 bits per heavy atom. The standard InChI is InChI=1S/C19H38N2O/c1-4-15(3)14-16(5-2)20-17-10-12-21(13-11-17)18-8-6-7-9-19(18)22/h15-20,22H,4-14H2,1-3H3. The van der Waals surface area contributed by atoms with Crippen molar-refractivity contribution in [2.45, 2.75) is 103 Å². The summed E-state index contributed by atoms with van der Waals surface area (Å²) in [5.41, 5.74) is 0. The molecule has 0 spiro atoms. The first-order valence-electron chi connectivity index (χ1n) is 9.82. The smallest absolute Gasteiger partial charge is 0.0695 e. The first kappa shape index (κ1) is 18.2. The predicted molar refractivity (Wildman–Crippen MR) is 94.1 cm³/mol. The van der Waals surface area contributed by atoms with E-state index in [0.717, 1.165) is 12.3 Å². The van der Waals surface area contributed by atoms with Gasteiger partial charge in [-0.2, -0.15) is 0 Å². The van der Waals surface area contributed by atoms with Gasteiger partial charge in [0.1, 0.15) is 0 Å². The van der Waals surface area contributed by atoms with Crippen LogP contribution in [0.1, 0.15) is 78.6 Å². The molecule has 1 saturated heterocycles. The molecule has 0 aromatic carbocycles. The molecule has 1 aliphatic heterocycles. The van der Waals surface area contributed by atoms with Crippen molar-refractivity contribution in [1.82, 2.24) is 10.2 Å². The van der Waals surface area contributed by atoms with Crippen molar-refractivity contribution < 1.29 is 5.11 Å². The second-order valence-electron chi connectivity index (χ2n) is 7.75. The van der Waals surface area contributed by atoms with Crippen LogP contribution in [0.2, 0.25) is 0 Å². The van der Waals surface area contributed by atoms with E-state index in [9.17, 15) is 5.11 Å². The quantitative estimate of drug-likeness (QED) is 0.755. The molecular formula is C19H38N2O. The van der Waals surface area contributed by atoms with E-state index in [1.54, 1.807) is 0 Å². The van der Waals surface area contributed by atoms with Crippen molar-refractivity contribution in [1.29, 1.82) is 0 Å². The molecule has 1 heterocycles. The van der Waals surface area contributed by atoms with Crippen LogP contribution in [0.3, 0.4) is 0 Å². The van der Waals surface area contributed by atoms with Gasteiger partial charge in [0.2, 0.25) is 0 Å². The fourth-order valence-electron chi connectivity index (χ4n) is 4.25. The molecule has 4 unspecified atom stereocenters. The molecule has 2 N–H and O–H groups in total. The van der Waals surface area contributed by atoms with Crippen LogP contribution in [-0.4, -0.2) is 47.3 Å². The van der Waals surface area contributed by atoms with Crippen LogP contribution in [-0.2, 0) is 0 Å². The summed E-state index contributed by atoms with van der Waals surface area (Å²) in [6, 6.07) is 1.81. The second-order valence-corrected chi connectivity index (χ2v) is 7.75. The van der Waals surface area contributed by atoms with E-state index in [4.69, 9.17) is 0 Å². The molecule has 1 aliphatic carbocycles. The van der Waals surface area contributed by atoms with Gasteiger partial charge in [-0.1, -0.05) is 40.0 Å². The van der Waals surface area contributed by atoms with Crippen LogP contribution in [0.5, 0.6) is 0 Å². The summed E-state index contributed by atoms with van der Waals surface area (Å²) in [4.78, 5) is 2.57. The first-order valence-corrected chi connectivity index (χ1v) is 9.82. The van der Waals surface area contributed by atoms with E-state index in [2.05, 4.69) is 31.0 Å². The summed E-state index contributed by atoms with van der Waals surface area (Å²) in [7, 11) is 0. The van der Waals surface area contributed by atoms with Gasteiger partial charge in [0.25, 0.3) is 0 Å². The lowest BCUT2D eigenvalue weighted by molar-refractivity contribution is 0.00643. The maximum atomic E-state index is 10.2. The number of piperidine rings is 1. The third kappa shape index (κ3) is 5.21. The van der Waals surface area contributed by atoms with Gasteiger partial charge in [-0.3, -0.25) is 4.90 Å². The lowest BCUT2D eigenvalue weighted by Crippen LogP contribution is -2.52. The average Bonchev–Trinajstić information content (AvgIpc) is 2.55. The zero-order chi connectivity index (χ0) is 15.9. The van der Waals surface area contributed by atoms with Gasteiger partial charge < -0.3 is 10.4 Å². The molecule has 2 rings (SSSR count). The summed E-state index contributed by atoms with van der Waals surface area (Å²) in [6.07, 6.45) is 11.0. The minimum absolute atomic E-state index is 0.0768. The normalized spacial score (nSPS) is 31.1. The van der Waals surface area contributed by atoms with E-state index < -0.39 is 0 Å². The van der Waals surface area contributed by atoms with Gasteiger partial charge in [0.15, 0.2) is 0 Å². The topological polar surface area (TPSA) is 35.5 Å². The predicted octanol–water partition coefficient (Wildman–Crippen LogP) is 3.56. The highest BCUT2D eigenvalue weighted by Crippen LogP contribution is 2.26. The lowest BCUT2D eigenvalue weighted by atomic mass is 9.89. The summed E-state index contributed by atoms with van der Waals surface area (Å²) >= 11 is 0. The number of aliphatic hydroxyl groups excluding tert-OH is 1. The fourth-order valence-corrected chi connectivity index (χ4v) is 4.25. The van der Waals surface area contributed by atoms with Gasteiger partial charge in [-0.15, -0.1) is 0 Å². The van der Waals surface area contributed by atoms with E-state index in [1.165, 1.54) is 64.5 Å². The van der Waals surface area contributed by atoms with Gasteiger partial charge in [0, 0.05) is 31.2 Å². The summed E-state index contributed by atoms with van der Waals surface area (Å²) in [5, 5.41) is 14.2. The molecule has 1 saturated carbocycles. The van der Waals surface area contributed by atoms with Crippen LogP contribution in [0.25, 0.3) is 0 Å². The van der Waals surface area contributed by atoms with E-state index in [0.29, 0.717) is 18.1 Å². The third-order valence-corrected chi connectivity index (χ3v) is 6.04. The van der Waals surface area contributed by atoms with E-state index in [1.807, 2.05) is 0 Å². The number of nitrogens with zero attached hydrogens (tertiary/aromatic N) is 1. The molecule has 3 heteroatoms. The van der Waals surface area contributed by atoms with Crippen molar-refractivity contribution in [3.63, 3.8) is 0 Å². The van der Waals surface area contributed by atoms with Crippen molar-refractivity contribution in [2.24, 2.45) is 5.92 Å². The van der Waals surface area contributed by atoms with Gasteiger partial charge >= 0.3 is 0 Å². The number of hydrogen-bond acceptors (Lipinski definition) is 3. The maximum absolute atomic E-state index is 10.2. The minimum atomic E-state index is -0.0768. The first-order chi connectivity index (χ1) is 10.6. The molecule has 130 valence electrons. The second kappa shape index (κ2) is 9.24. The lowest BCUT2D eigenvalue weighted by Gasteiger charge is -2.42. The Labute approximate surface area is 137 Å². The molecule has 2 aliphatic rings. The zero-order valence-electron chi connectivity index (χ0n) is 15.1. The maximum Gasteiger partial charge on any atom is 0.0695 e. The molecule has 0 aromatic rings. The van der Waals surface area contributed by atoms with E-state index in [-0.39, 0.29) is 6.10 Å². The molecule has 2 fully saturated rings. The van der Waals surface area contributed by atoms with Crippen LogP contribution in [0.15, 0.2) is 0 Å². The Morgan fingerprint density at radius 2 is 1.73 bits per heavy atom. The highest BCUT2D eigenvalue weighted by Gasteiger charge is 2.31. The third-order valence-electron chi connectivity index (χ3n) is 6.04. The van der Waals surface area contributed by atoms with Crippen molar-refractivity contribution in [3.05, 3.63) is 0 Å². The minimum Gasteiger partial charge on any atom is -0.391 e. The Hall–Kier alpha value is -0.120. The van der Waals surface area contributed by atoms with Crippen LogP contribution in [0, 0.1) is 5.92 Å². The van der Waals surface area contributed by atoms with E-state index >= 15 is 0 Å². The molecule has 3 nitrogen and oxygen atoms in total. The number of likely N-dealkylation sites (tertiary alicyclic amines) is 1. The monoisotopic (exact) mass is 310 g/mol. The molecule has 22 heavy (non-hydrogen) atoms. The van der Waals surface area contributed by atoms with Gasteiger partial charge in [0.05, 0.1) is 6.10 Å². The number of aliphatic hydroxyl groups is 1. The molecule has 0 radical (unpaired) electrons. The number of hydrogen-bond donors (Lipinski definition) is 2. The summed E-state index contributed by atoms with van der Waals surface area (Å²) < 4.78 is 0. The Kier molecular flexibility index (Phi) is 7.66. The Morgan fingerprint density at radius 1 is 1.05 bits per heavy atom. The fraction of sp³-hybridized carbons (Fsp3) is 1.00. The number of rotatable bonds is 7. The van der Waals surface area contributed by atoms with Crippen molar-refractivity contribution >= 4 is 0 Å². The van der Waals surface area contributed by atoms with Gasteiger partial charge in [-0.25, -0.2) is 0 Å². The molecule has 4 atom stereocenters. The molecule has 0 amide bonds. The highest BCUT2D eigenvalue weighted by molar-refractivity contribution is 4.88. The SMILES string of the molecule is CCC(C)CC(CC)NC1CCN(C2CCCCC2O)CC1. The average molecular weight is 311 g/mol. The van der Waals surface area contributed by atoms with Crippen LogP contribution < -0.4 is 5.32 Å². The Bertz CT molecular complexity index is 302. The molecule has 0 bridgehead atoms.